The summed E-state index contributed by atoms with van der Waals surface area (Å²) >= 11 is 0. The molecule has 3 aliphatic carbocycles. The zero-order valence-corrected chi connectivity index (χ0v) is 7.40. The van der Waals surface area contributed by atoms with Gasteiger partial charge in [0.05, 0.1) is 0 Å². The van der Waals surface area contributed by atoms with Gasteiger partial charge in [0.15, 0.2) is 11.6 Å². The molecule has 0 aliphatic heterocycles. The van der Waals surface area contributed by atoms with Crippen molar-refractivity contribution >= 4 is 11.6 Å². The third kappa shape index (κ3) is 0.835. The van der Waals surface area contributed by atoms with E-state index in [-0.39, 0.29) is 23.4 Å². The minimum absolute atomic E-state index is 0.0660. The lowest BCUT2D eigenvalue weighted by Crippen LogP contribution is -2.36. The maximum Gasteiger partial charge on any atom is 0.159 e. The van der Waals surface area contributed by atoms with Crippen LogP contribution in [0.3, 0.4) is 0 Å². The van der Waals surface area contributed by atoms with Crippen LogP contribution in [0.2, 0.25) is 0 Å². The average molecular weight is 176 g/mol. The molecule has 0 aromatic rings. The van der Waals surface area contributed by atoms with Crippen LogP contribution in [0.15, 0.2) is 12.2 Å². The molecule has 2 heteroatoms. The van der Waals surface area contributed by atoms with Crippen LogP contribution >= 0.6 is 0 Å². The Kier molecular flexibility index (Phi) is 1.33. The Morgan fingerprint density at radius 1 is 0.923 bits per heavy atom. The van der Waals surface area contributed by atoms with E-state index in [0.717, 1.165) is 6.42 Å². The van der Waals surface area contributed by atoms with Gasteiger partial charge in [-0.1, -0.05) is 0 Å². The van der Waals surface area contributed by atoms with Crippen molar-refractivity contribution < 1.29 is 9.59 Å². The molecular weight excluding hydrogens is 164 g/mol. The second-order valence-electron chi connectivity index (χ2n) is 4.52. The molecule has 0 aromatic carbocycles. The molecule has 3 aliphatic rings. The number of fused-ring (bicyclic) bond motifs is 5. The smallest absolute Gasteiger partial charge is 0.159 e. The maximum absolute atomic E-state index is 11.6. The Bertz CT molecular complexity index is 286. The predicted octanol–water partition coefficient (Wildman–Crippen LogP) is 1.36. The topological polar surface area (TPSA) is 34.1 Å². The number of hydrogen-bond donors (Lipinski definition) is 0. The van der Waals surface area contributed by atoms with Crippen LogP contribution < -0.4 is 0 Å². The van der Waals surface area contributed by atoms with Crippen LogP contribution in [0.1, 0.15) is 19.3 Å². The van der Waals surface area contributed by atoms with Gasteiger partial charge in [-0.05, 0) is 43.3 Å². The highest BCUT2D eigenvalue weighted by molar-refractivity contribution is 6.08. The van der Waals surface area contributed by atoms with E-state index in [0.29, 0.717) is 11.8 Å². The highest BCUT2D eigenvalue weighted by Gasteiger charge is 2.53. The molecule has 2 saturated carbocycles. The maximum atomic E-state index is 11.6. The van der Waals surface area contributed by atoms with E-state index >= 15 is 0 Å². The molecule has 0 aromatic heterocycles. The monoisotopic (exact) mass is 176 g/mol. The first-order valence-corrected chi connectivity index (χ1v) is 5.03. The Hall–Kier alpha value is -0.920. The van der Waals surface area contributed by atoms with Crippen LogP contribution in [0, 0.1) is 23.7 Å². The number of ketones is 2. The first-order chi connectivity index (χ1) is 6.27. The molecule has 0 radical (unpaired) electrons. The second-order valence-corrected chi connectivity index (χ2v) is 4.52. The molecule has 0 spiro atoms. The molecular formula is C11H12O2. The molecule has 0 heterocycles. The van der Waals surface area contributed by atoms with Crippen LogP contribution in [0.5, 0.6) is 0 Å². The van der Waals surface area contributed by atoms with Crippen molar-refractivity contribution in [2.45, 2.75) is 19.3 Å². The Labute approximate surface area is 77.0 Å². The number of carbonyl (C=O) groups excluding carboxylic acids is 2. The average Bonchev–Trinajstić information content (AvgIpc) is 2.70. The molecule has 0 amide bonds. The van der Waals surface area contributed by atoms with Gasteiger partial charge in [0.1, 0.15) is 0 Å². The lowest BCUT2D eigenvalue weighted by molar-refractivity contribution is -0.131. The normalized spacial score (nSPS) is 47.1. The Morgan fingerprint density at radius 2 is 1.38 bits per heavy atom. The van der Waals surface area contributed by atoms with E-state index in [1.807, 2.05) is 0 Å². The summed E-state index contributed by atoms with van der Waals surface area (Å²) in [5.41, 5.74) is 0. The van der Waals surface area contributed by atoms with Crippen molar-refractivity contribution in [3.8, 4) is 0 Å². The summed E-state index contributed by atoms with van der Waals surface area (Å²) in [4.78, 5) is 23.1. The lowest BCUT2D eigenvalue weighted by atomic mass is 9.72. The van der Waals surface area contributed by atoms with Gasteiger partial charge in [0.25, 0.3) is 0 Å². The van der Waals surface area contributed by atoms with Crippen molar-refractivity contribution in [2.24, 2.45) is 23.7 Å². The van der Waals surface area contributed by atoms with Crippen molar-refractivity contribution in [3.63, 3.8) is 0 Å². The summed E-state index contributed by atoms with van der Waals surface area (Å²) in [6.45, 7) is 0. The highest BCUT2D eigenvalue weighted by atomic mass is 16.1. The summed E-state index contributed by atoms with van der Waals surface area (Å²) in [5.74, 6) is 1.59. The first kappa shape index (κ1) is 7.48. The van der Waals surface area contributed by atoms with Gasteiger partial charge in [-0.15, -0.1) is 0 Å². The van der Waals surface area contributed by atoms with E-state index in [1.54, 1.807) is 0 Å². The van der Waals surface area contributed by atoms with E-state index < -0.39 is 0 Å². The predicted molar refractivity (Wildman–Crippen MR) is 47.0 cm³/mol. The zero-order valence-electron chi connectivity index (χ0n) is 7.40. The second kappa shape index (κ2) is 2.31. The fraction of sp³-hybridized carbons (Fsp3) is 0.636. The molecule has 2 nitrogen and oxygen atoms in total. The van der Waals surface area contributed by atoms with Crippen molar-refractivity contribution in [3.05, 3.63) is 12.2 Å². The number of rotatable bonds is 0. The summed E-state index contributed by atoms with van der Waals surface area (Å²) in [5, 5.41) is 0. The van der Waals surface area contributed by atoms with Crippen molar-refractivity contribution in [2.75, 3.05) is 0 Å². The minimum Gasteiger partial charge on any atom is -0.295 e. The molecule has 2 fully saturated rings. The summed E-state index contributed by atoms with van der Waals surface area (Å²) in [6, 6.07) is 0. The SMILES string of the molecule is O=C1C=CC(=O)[C@H]2[C@@H]3CC[C@@H](C3)[C@@H]12. The quantitative estimate of drug-likeness (QED) is 0.558. The number of allylic oxidation sites excluding steroid dienone is 2. The van der Waals surface area contributed by atoms with Gasteiger partial charge >= 0.3 is 0 Å². The molecule has 2 bridgehead atoms. The van der Waals surface area contributed by atoms with Crippen molar-refractivity contribution in [1.29, 1.82) is 0 Å². The van der Waals surface area contributed by atoms with E-state index in [1.165, 1.54) is 25.0 Å². The third-order valence-corrected chi connectivity index (χ3v) is 3.99. The third-order valence-electron chi connectivity index (χ3n) is 3.99. The first-order valence-electron chi connectivity index (χ1n) is 5.03. The largest absolute Gasteiger partial charge is 0.295 e. The standard InChI is InChI=1S/C11H12O2/c12-8-3-4-9(13)11-7-2-1-6(5-7)10(8)11/h3-4,6-7,10-11H,1-2,5H2/t6-,7+,10-,11+. The molecule has 4 atom stereocenters. The van der Waals surface area contributed by atoms with E-state index in [2.05, 4.69) is 0 Å². The zero-order chi connectivity index (χ0) is 9.00. The Balaban J connectivity index is 2.05. The van der Waals surface area contributed by atoms with Crippen LogP contribution in [-0.4, -0.2) is 11.6 Å². The Morgan fingerprint density at radius 3 is 1.85 bits per heavy atom. The van der Waals surface area contributed by atoms with E-state index in [9.17, 15) is 9.59 Å². The van der Waals surface area contributed by atoms with Crippen LogP contribution in [0.4, 0.5) is 0 Å². The number of hydrogen-bond acceptors (Lipinski definition) is 2. The van der Waals surface area contributed by atoms with Gasteiger partial charge < -0.3 is 0 Å². The van der Waals surface area contributed by atoms with Gasteiger partial charge in [0, 0.05) is 11.8 Å². The molecule has 13 heavy (non-hydrogen) atoms. The van der Waals surface area contributed by atoms with Gasteiger partial charge in [-0.3, -0.25) is 9.59 Å². The molecule has 0 N–H and O–H groups in total. The lowest BCUT2D eigenvalue weighted by Gasteiger charge is -2.29. The number of carbonyl (C=O) groups is 2. The van der Waals surface area contributed by atoms with Crippen LogP contribution in [-0.2, 0) is 9.59 Å². The molecule has 0 saturated heterocycles. The summed E-state index contributed by atoms with van der Waals surface area (Å²) in [6.07, 6.45) is 6.43. The summed E-state index contributed by atoms with van der Waals surface area (Å²) < 4.78 is 0. The van der Waals surface area contributed by atoms with Gasteiger partial charge in [0.2, 0.25) is 0 Å². The summed E-state index contributed by atoms with van der Waals surface area (Å²) in [7, 11) is 0. The van der Waals surface area contributed by atoms with Crippen LogP contribution in [0.25, 0.3) is 0 Å². The molecule has 3 rings (SSSR count). The minimum atomic E-state index is 0.0660. The van der Waals surface area contributed by atoms with E-state index in [4.69, 9.17) is 0 Å². The highest BCUT2D eigenvalue weighted by Crippen LogP contribution is 2.54. The fourth-order valence-electron chi connectivity index (χ4n) is 3.50. The van der Waals surface area contributed by atoms with Gasteiger partial charge in [-0.2, -0.15) is 0 Å². The van der Waals surface area contributed by atoms with Crippen molar-refractivity contribution in [1.82, 2.24) is 0 Å². The molecule has 0 unspecified atom stereocenters. The van der Waals surface area contributed by atoms with Gasteiger partial charge in [-0.25, -0.2) is 0 Å². The molecule has 68 valence electrons. The fourth-order valence-corrected chi connectivity index (χ4v) is 3.50.